The summed E-state index contributed by atoms with van der Waals surface area (Å²) in [7, 11) is 0. The summed E-state index contributed by atoms with van der Waals surface area (Å²) in [5.41, 5.74) is 3.99. The number of carbonyl (C=O) groups is 2. The van der Waals surface area contributed by atoms with Gasteiger partial charge < -0.3 is 15.1 Å². The summed E-state index contributed by atoms with van der Waals surface area (Å²) >= 11 is 0. The van der Waals surface area contributed by atoms with Gasteiger partial charge in [-0.15, -0.1) is 0 Å². The molecule has 6 heteroatoms. The van der Waals surface area contributed by atoms with E-state index in [1.807, 2.05) is 45.9 Å². The first kappa shape index (κ1) is 21.1. The molecule has 1 saturated heterocycles. The number of nitrogens with zero attached hydrogens (tertiary/aromatic N) is 1. The summed E-state index contributed by atoms with van der Waals surface area (Å²) in [6.45, 7) is 11.3. The van der Waals surface area contributed by atoms with Crippen molar-refractivity contribution in [3.8, 4) is 0 Å². The second-order valence-electron chi connectivity index (χ2n) is 8.07. The van der Waals surface area contributed by atoms with Gasteiger partial charge >= 0.3 is 11.8 Å². The lowest BCUT2D eigenvalue weighted by atomic mass is 9.96. The minimum atomic E-state index is -0.609. The molecule has 0 saturated carbocycles. The van der Waals surface area contributed by atoms with Crippen molar-refractivity contribution >= 4 is 17.5 Å². The molecule has 2 amide bonds. The Balaban J connectivity index is 1.41. The van der Waals surface area contributed by atoms with Crippen molar-refractivity contribution in [1.82, 2.24) is 10.2 Å². The van der Waals surface area contributed by atoms with Crippen molar-refractivity contribution in [2.75, 3.05) is 25.0 Å². The number of piperidine rings is 1. The molecule has 3 rings (SSSR count). The highest BCUT2D eigenvalue weighted by atomic mass is 16.3. The Morgan fingerprint density at radius 1 is 1.10 bits per heavy atom. The number of likely N-dealkylation sites (tertiary alicyclic amines) is 1. The van der Waals surface area contributed by atoms with Crippen LogP contribution in [-0.2, 0) is 16.1 Å². The highest BCUT2D eigenvalue weighted by molar-refractivity contribution is 6.39. The molecule has 2 aromatic rings. The number of rotatable bonds is 5. The third-order valence-electron chi connectivity index (χ3n) is 5.86. The molecule has 156 valence electrons. The zero-order chi connectivity index (χ0) is 21.0. The average molecular weight is 398 g/mol. The Bertz CT molecular complexity index is 879. The minimum absolute atomic E-state index is 0.399. The van der Waals surface area contributed by atoms with E-state index < -0.39 is 11.8 Å². The largest absolute Gasteiger partial charge is 0.466 e. The van der Waals surface area contributed by atoms with E-state index in [1.54, 1.807) is 0 Å². The summed E-state index contributed by atoms with van der Waals surface area (Å²) in [5, 5.41) is 5.51. The van der Waals surface area contributed by atoms with Crippen LogP contribution in [0, 0.1) is 33.6 Å². The van der Waals surface area contributed by atoms with Crippen LogP contribution in [0.1, 0.15) is 41.1 Å². The van der Waals surface area contributed by atoms with Crippen molar-refractivity contribution in [3.05, 3.63) is 52.5 Å². The monoisotopic (exact) mass is 397 g/mol. The zero-order valence-corrected chi connectivity index (χ0v) is 17.8. The van der Waals surface area contributed by atoms with Gasteiger partial charge in [0.05, 0.1) is 0 Å². The molecule has 1 aromatic heterocycles. The molecule has 1 aromatic carbocycles. The van der Waals surface area contributed by atoms with Crippen LogP contribution in [0.3, 0.4) is 0 Å². The van der Waals surface area contributed by atoms with Gasteiger partial charge in [-0.3, -0.25) is 14.5 Å². The van der Waals surface area contributed by atoms with Crippen LogP contribution in [0.2, 0.25) is 0 Å². The van der Waals surface area contributed by atoms with Crippen LogP contribution < -0.4 is 10.6 Å². The fourth-order valence-electron chi connectivity index (χ4n) is 3.81. The summed E-state index contributed by atoms with van der Waals surface area (Å²) in [6.07, 6.45) is 2.02. The molecule has 0 spiro atoms. The molecule has 2 N–H and O–H groups in total. The van der Waals surface area contributed by atoms with Crippen LogP contribution in [0.15, 0.2) is 28.7 Å². The van der Waals surface area contributed by atoms with E-state index in [-0.39, 0.29) is 0 Å². The number of amides is 2. The normalized spacial score (nSPS) is 15.3. The van der Waals surface area contributed by atoms with Crippen LogP contribution in [0.25, 0.3) is 0 Å². The summed E-state index contributed by atoms with van der Waals surface area (Å²) in [6, 6.07) is 7.77. The Labute approximate surface area is 172 Å². The quantitative estimate of drug-likeness (QED) is 0.758. The van der Waals surface area contributed by atoms with Crippen LogP contribution in [0.5, 0.6) is 0 Å². The summed E-state index contributed by atoms with van der Waals surface area (Å²) in [4.78, 5) is 26.8. The number of carbonyl (C=O) groups excluding carboxylic acids is 2. The molecule has 2 heterocycles. The molecule has 0 atom stereocenters. The summed E-state index contributed by atoms with van der Waals surface area (Å²) < 4.78 is 5.61. The lowest BCUT2D eigenvalue weighted by Crippen LogP contribution is -2.41. The topological polar surface area (TPSA) is 74.6 Å². The third-order valence-corrected chi connectivity index (χ3v) is 5.86. The molecule has 0 bridgehead atoms. The number of anilines is 1. The Kier molecular flexibility index (Phi) is 6.75. The zero-order valence-electron chi connectivity index (χ0n) is 17.8. The second kappa shape index (κ2) is 9.27. The Hall–Kier alpha value is -2.60. The smallest absolute Gasteiger partial charge is 0.313 e. The fourth-order valence-corrected chi connectivity index (χ4v) is 3.81. The fraction of sp³-hybridized carbons (Fsp3) is 0.478. The van der Waals surface area contributed by atoms with Crippen molar-refractivity contribution in [1.29, 1.82) is 0 Å². The minimum Gasteiger partial charge on any atom is -0.466 e. The molecule has 6 nitrogen and oxygen atoms in total. The van der Waals surface area contributed by atoms with Gasteiger partial charge in [-0.1, -0.05) is 12.1 Å². The molecule has 1 fully saturated rings. The molecular weight excluding hydrogens is 366 g/mol. The molecule has 0 aliphatic carbocycles. The number of hydrogen-bond acceptors (Lipinski definition) is 4. The van der Waals surface area contributed by atoms with E-state index >= 15 is 0 Å². The number of hydrogen-bond donors (Lipinski definition) is 2. The first-order valence-corrected chi connectivity index (χ1v) is 10.3. The van der Waals surface area contributed by atoms with Crippen molar-refractivity contribution < 1.29 is 14.0 Å². The van der Waals surface area contributed by atoms with Crippen LogP contribution >= 0.6 is 0 Å². The van der Waals surface area contributed by atoms with Crippen LogP contribution in [0.4, 0.5) is 5.69 Å². The van der Waals surface area contributed by atoms with Crippen molar-refractivity contribution in [2.45, 2.75) is 47.1 Å². The van der Waals surface area contributed by atoms with E-state index in [0.29, 0.717) is 18.2 Å². The SMILES string of the molecule is Cc1cc(CN2CCC(CNC(=O)C(=O)Nc3cccc(C)c3C)CC2)c(C)o1. The maximum absolute atomic E-state index is 12.2. The highest BCUT2D eigenvalue weighted by Crippen LogP contribution is 2.21. The standard InChI is InChI=1S/C23H31N3O3/c1-15-6-5-7-21(17(15)3)25-23(28)22(27)24-13-19-8-10-26(11-9-19)14-20-12-16(2)29-18(20)4/h5-7,12,19H,8-11,13-14H2,1-4H3,(H,24,27)(H,25,28). The van der Waals surface area contributed by atoms with E-state index in [0.717, 1.165) is 55.1 Å². The van der Waals surface area contributed by atoms with Gasteiger partial charge in [0.25, 0.3) is 0 Å². The van der Waals surface area contributed by atoms with Gasteiger partial charge in [-0.05, 0) is 82.8 Å². The maximum atomic E-state index is 12.2. The van der Waals surface area contributed by atoms with Gasteiger partial charge in [0.15, 0.2) is 0 Å². The van der Waals surface area contributed by atoms with Gasteiger partial charge in [-0.25, -0.2) is 0 Å². The number of nitrogens with one attached hydrogen (secondary N) is 2. The Morgan fingerprint density at radius 3 is 2.48 bits per heavy atom. The van der Waals surface area contributed by atoms with Gasteiger partial charge in [0.1, 0.15) is 11.5 Å². The van der Waals surface area contributed by atoms with Crippen LogP contribution in [-0.4, -0.2) is 36.3 Å². The van der Waals surface area contributed by atoms with E-state index in [9.17, 15) is 9.59 Å². The molecule has 29 heavy (non-hydrogen) atoms. The molecule has 1 aliphatic heterocycles. The predicted molar refractivity (Wildman–Crippen MR) is 114 cm³/mol. The van der Waals surface area contributed by atoms with E-state index in [1.165, 1.54) is 5.56 Å². The van der Waals surface area contributed by atoms with Gasteiger partial charge in [-0.2, -0.15) is 0 Å². The number of aryl methyl sites for hydroxylation is 3. The average Bonchev–Trinajstić information content (AvgIpc) is 3.01. The number of benzene rings is 1. The lowest BCUT2D eigenvalue weighted by Gasteiger charge is -2.31. The number of furan rings is 1. The maximum Gasteiger partial charge on any atom is 0.313 e. The summed E-state index contributed by atoms with van der Waals surface area (Å²) in [5.74, 6) is 1.16. The Morgan fingerprint density at radius 2 is 1.83 bits per heavy atom. The third kappa shape index (κ3) is 5.48. The molecular formula is C23H31N3O3. The van der Waals surface area contributed by atoms with E-state index in [2.05, 4.69) is 21.6 Å². The molecule has 1 aliphatic rings. The molecule has 0 radical (unpaired) electrons. The van der Waals surface area contributed by atoms with Gasteiger partial charge in [0, 0.05) is 24.3 Å². The van der Waals surface area contributed by atoms with E-state index in [4.69, 9.17) is 4.42 Å². The van der Waals surface area contributed by atoms with Crippen molar-refractivity contribution in [3.63, 3.8) is 0 Å². The van der Waals surface area contributed by atoms with Gasteiger partial charge in [0.2, 0.25) is 0 Å². The first-order chi connectivity index (χ1) is 13.8. The second-order valence-corrected chi connectivity index (χ2v) is 8.07. The lowest BCUT2D eigenvalue weighted by molar-refractivity contribution is -0.136. The highest BCUT2D eigenvalue weighted by Gasteiger charge is 2.22. The predicted octanol–water partition coefficient (Wildman–Crippen LogP) is 3.48. The molecule has 0 unspecified atom stereocenters. The first-order valence-electron chi connectivity index (χ1n) is 10.3. The van der Waals surface area contributed by atoms with Crippen molar-refractivity contribution in [2.24, 2.45) is 5.92 Å².